The van der Waals surface area contributed by atoms with Crippen LogP contribution in [0.25, 0.3) is 10.8 Å². The van der Waals surface area contributed by atoms with E-state index in [1.807, 2.05) is 6.92 Å². The molecule has 0 spiro atoms. The molecule has 0 amide bonds. The summed E-state index contributed by atoms with van der Waals surface area (Å²) in [6, 6.07) is 0.0434. The van der Waals surface area contributed by atoms with Gasteiger partial charge in [-0.15, -0.1) is 11.3 Å². The molecule has 1 unspecified atom stereocenters. The molecule has 0 saturated heterocycles. The number of hydrogen-bond donors (Lipinski definition) is 1. The second-order valence-corrected chi connectivity index (χ2v) is 3.95. The van der Waals surface area contributed by atoms with Crippen molar-refractivity contribution in [2.75, 3.05) is 0 Å². The molecular weight excluding hydrogens is 200 g/mol. The zero-order valence-corrected chi connectivity index (χ0v) is 8.49. The molecule has 6 heteroatoms. The molecule has 0 aliphatic rings. The smallest absolute Gasteiger partial charge is 0.269 e. The Kier molecular flexibility index (Phi) is 2.55. The maximum absolute atomic E-state index is 5.62. The summed E-state index contributed by atoms with van der Waals surface area (Å²) < 4.78 is 5.06. The van der Waals surface area contributed by atoms with E-state index in [2.05, 4.69) is 15.1 Å². The van der Waals surface area contributed by atoms with Crippen LogP contribution in [0.3, 0.4) is 0 Å². The van der Waals surface area contributed by atoms with E-state index >= 15 is 0 Å². The number of nitrogens with two attached hydrogens (primary N) is 1. The fourth-order valence-electron chi connectivity index (χ4n) is 1.05. The standard InChI is InChI=1S/C8H10N4OS/c1-5(9)2-7-11-8(13-12-7)6-3-10-4-14-6/h3-5H,2,9H2,1H3. The second-order valence-electron chi connectivity index (χ2n) is 3.06. The second kappa shape index (κ2) is 3.85. The van der Waals surface area contributed by atoms with Crippen molar-refractivity contribution in [1.29, 1.82) is 0 Å². The monoisotopic (exact) mass is 210 g/mol. The molecule has 0 aromatic carbocycles. The van der Waals surface area contributed by atoms with Crippen LogP contribution >= 0.6 is 11.3 Å². The average molecular weight is 210 g/mol. The summed E-state index contributed by atoms with van der Waals surface area (Å²) in [6.07, 6.45) is 2.33. The van der Waals surface area contributed by atoms with Crippen molar-refractivity contribution in [2.45, 2.75) is 19.4 Å². The van der Waals surface area contributed by atoms with Crippen LogP contribution in [0, 0.1) is 0 Å². The van der Waals surface area contributed by atoms with Crippen LogP contribution in [0.5, 0.6) is 0 Å². The molecule has 2 rings (SSSR count). The number of hydrogen-bond acceptors (Lipinski definition) is 6. The van der Waals surface area contributed by atoms with Gasteiger partial charge in [-0.2, -0.15) is 4.98 Å². The van der Waals surface area contributed by atoms with Gasteiger partial charge in [0.1, 0.15) is 4.88 Å². The summed E-state index contributed by atoms with van der Waals surface area (Å²) >= 11 is 1.47. The predicted octanol–water partition coefficient (Wildman–Crippen LogP) is 1.08. The minimum Gasteiger partial charge on any atom is -0.333 e. The minimum atomic E-state index is 0.0434. The number of thiazole rings is 1. The molecule has 0 saturated carbocycles. The molecular formula is C8H10N4OS. The van der Waals surface area contributed by atoms with Gasteiger partial charge in [-0.25, -0.2) is 0 Å². The lowest BCUT2D eigenvalue weighted by Gasteiger charge is -1.96. The Labute approximate surface area is 85.0 Å². The molecule has 2 heterocycles. The molecule has 0 aliphatic carbocycles. The summed E-state index contributed by atoms with van der Waals surface area (Å²) in [5.74, 6) is 1.16. The van der Waals surface area contributed by atoms with Gasteiger partial charge < -0.3 is 10.3 Å². The molecule has 14 heavy (non-hydrogen) atoms. The van der Waals surface area contributed by atoms with Gasteiger partial charge in [0.25, 0.3) is 5.89 Å². The number of rotatable bonds is 3. The third kappa shape index (κ3) is 1.97. The van der Waals surface area contributed by atoms with Crippen LogP contribution in [-0.2, 0) is 6.42 Å². The average Bonchev–Trinajstić information content (AvgIpc) is 2.69. The molecule has 0 aliphatic heterocycles. The quantitative estimate of drug-likeness (QED) is 0.820. The van der Waals surface area contributed by atoms with E-state index in [0.717, 1.165) is 4.88 Å². The number of aromatic nitrogens is 3. The highest BCUT2D eigenvalue weighted by molar-refractivity contribution is 7.13. The normalized spacial score (nSPS) is 13.0. The van der Waals surface area contributed by atoms with Gasteiger partial charge in [-0.1, -0.05) is 5.16 Å². The largest absolute Gasteiger partial charge is 0.333 e. The lowest BCUT2D eigenvalue weighted by atomic mass is 10.2. The molecule has 0 fully saturated rings. The summed E-state index contributed by atoms with van der Waals surface area (Å²) in [4.78, 5) is 9.02. The molecule has 2 aromatic rings. The van der Waals surface area contributed by atoms with Crippen molar-refractivity contribution >= 4 is 11.3 Å². The first-order chi connectivity index (χ1) is 6.75. The van der Waals surface area contributed by atoms with Crippen LogP contribution in [-0.4, -0.2) is 21.2 Å². The van der Waals surface area contributed by atoms with Crippen LogP contribution in [0.1, 0.15) is 12.7 Å². The third-order valence-electron chi connectivity index (χ3n) is 1.62. The zero-order valence-electron chi connectivity index (χ0n) is 7.67. The molecule has 2 aromatic heterocycles. The third-order valence-corrected chi connectivity index (χ3v) is 2.38. The Morgan fingerprint density at radius 1 is 1.64 bits per heavy atom. The van der Waals surface area contributed by atoms with Crippen LogP contribution in [0.15, 0.2) is 16.2 Å². The van der Waals surface area contributed by atoms with Gasteiger partial charge >= 0.3 is 0 Å². The molecule has 1 atom stereocenters. The van der Waals surface area contributed by atoms with E-state index < -0.39 is 0 Å². The lowest BCUT2D eigenvalue weighted by molar-refractivity contribution is 0.421. The van der Waals surface area contributed by atoms with Gasteiger partial charge in [-0.05, 0) is 6.92 Å². The van der Waals surface area contributed by atoms with E-state index in [1.54, 1.807) is 11.7 Å². The topological polar surface area (TPSA) is 77.8 Å². The first kappa shape index (κ1) is 9.29. The molecule has 0 radical (unpaired) electrons. The first-order valence-electron chi connectivity index (χ1n) is 4.22. The molecule has 2 N–H and O–H groups in total. The Morgan fingerprint density at radius 2 is 2.50 bits per heavy atom. The van der Waals surface area contributed by atoms with E-state index in [-0.39, 0.29) is 6.04 Å². The molecule has 0 bridgehead atoms. The summed E-state index contributed by atoms with van der Waals surface area (Å²) in [5, 5.41) is 3.83. The van der Waals surface area contributed by atoms with E-state index in [9.17, 15) is 0 Å². The Balaban J connectivity index is 2.18. The van der Waals surface area contributed by atoms with Gasteiger partial charge in [0.15, 0.2) is 5.82 Å². The van der Waals surface area contributed by atoms with E-state index in [1.165, 1.54) is 11.3 Å². The molecule has 5 nitrogen and oxygen atoms in total. The van der Waals surface area contributed by atoms with E-state index in [4.69, 9.17) is 10.3 Å². The fourth-order valence-corrected chi connectivity index (χ4v) is 1.59. The lowest BCUT2D eigenvalue weighted by Crippen LogP contribution is -2.18. The Morgan fingerprint density at radius 3 is 3.14 bits per heavy atom. The highest BCUT2D eigenvalue weighted by atomic mass is 32.1. The Bertz CT molecular complexity index is 395. The predicted molar refractivity (Wildman–Crippen MR) is 52.8 cm³/mol. The highest BCUT2D eigenvalue weighted by Crippen LogP contribution is 2.20. The summed E-state index contributed by atoms with van der Waals surface area (Å²) in [6.45, 7) is 1.91. The van der Waals surface area contributed by atoms with Gasteiger partial charge in [0.05, 0.1) is 11.7 Å². The van der Waals surface area contributed by atoms with Crippen molar-refractivity contribution in [1.82, 2.24) is 15.1 Å². The SMILES string of the molecule is CC(N)Cc1noc(-c2cncs2)n1. The first-order valence-corrected chi connectivity index (χ1v) is 5.10. The van der Waals surface area contributed by atoms with Gasteiger partial charge in [0, 0.05) is 12.5 Å². The molecule has 74 valence electrons. The minimum absolute atomic E-state index is 0.0434. The van der Waals surface area contributed by atoms with Crippen molar-refractivity contribution < 1.29 is 4.52 Å². The summed E-state index contributed by atoms with van der Waals surface area (Å²) in [7, 11) is 0. The fraction of sp³-hybridized carbons (Fsp3) is 0.375. The number of nitrogens with zero attached hydrogens (tertiary/aromatic N) is 3. The maximum Gasteiger partial charge on any atom is 0.269 e. The summed E-state index contributed by atoms with van der Waals surface area (Å²) in [5.41, 5.74) is 7.35. The van der Waals surface area contributed by atoms with Crippen molar-refractivity contribution in [2.24, 2.45) is 5.73 Å². The van der Waals surface area contributed by atoms with Crippen LogP contribution in [0.4, 0.5) is 0 Å². The van der Waals surface area contributed by atoms with Crippen molar-refractivity contribution in [3.63, 3.8) is 0 Å². The van der Waals surface area contributed by atoms with Gasteiger partial charge in [-0.3, -0.25) is 4.98 Å². The van der Waals surface area contributed by atoms with Crippen molar-refractivity contribution in [3.05, 3.63) is 17.5 Å². The van der Waals surface area contributed by atoms with Crippen LogP contribution < -0.4 is 5.73 Å². The zero-order chi connectivity index (χ0) is 9.97. The highest BCUT2D eigenvalue weighted by Gasteiger charge is 2.10. The Hall–Kier alpha value is -1.27. The van der Waals surface area contributed by atoms with E-state index in [0.29, 0.717) is 18.1 Å². The van der Waals surface area contributed by atoms with Crippen molar-refractivity contribution in [3.8, 4) is 10.8 Å². The van der Waals surface area contributed by atoms with Crippen LogP contribution in [0.2, 0.25) is 0 Å². The van der Waals surface area contributed by atoms with Gasteiger partial charge in [0.2, 0.25) is 0 Å². The maximum atomic E-state index is 5.62.